The molecule has 0 saturated carbocycles. The van der Waals surface area contributed by atoms with Gasteiger partial charge in [-0.15, -0.1) is 0 Å². The first-order chi connectivity index (χ1) is 11.3. The smallest absolute Gasteiger partial charge is 0.265 e. The molecule has 1 atom stereocenters. The van der Waals surface area contributed by atoms with Crippen LogP contribution in [0.25, 0.3) is 0 Å². The number of carbonyl (C=O) groups excluding carboxylic acids is 2. The molecular weight excluding hydrogens is 304 g/mol. The average molecular weight is 326 g/mol. The molecule has 0 fully saturated rings. The molecular formula is C19H22N2O3. The van der Waals surface area contributed by atoms with Gasteiger partial charge < -0.3 is 15.8 Å². The van der Waals surface area contributed by atoms with E-state index >= 15 is 0 Å². The van der Waals surface area contributed by atoms with Crippen LogP contribution in [0.3, 0.4) is 0 Å². The molecule has 24 heavy (non-hydrogen) atoms. The lowest BCUT2D eigenvalue weighted by Crippen LogP contribution is -2.30. The Morgan fingerprint density at radius 3 is 2.29 bits per heavy atom. The van der Waals surface area contributed by atoms with Crippen molar-refractivity contribution in [3.8, 4) is 5.75 Å². The highest BCUT2D eigenvalue weighted by atomic mass is 16.5. The molecule has 0 saturated heterocycles. The third-order valence-corrected chi connectivity index (χ3v) is 3.87. The molecule has 0 spiro atoms. The number of nitrogens with two attached hydrogens (primary N) is 1. The Kier molecular flexibility index (Phi) is 5.24. The highest BCUT2D eigenvalue weighted by Crippen LogP contribution is 2.24. The Balaban J connectivity index is 2.06. The van der Waals surface area contributed by atoms with E-state index in [2.05, 4.69) is 11.4 Å². The first kappa shape index (κ1) is 17.5. The van der Waals surface area contributed by atoms with Crippen molar-refractivity contribution >= 4 is 17.5 Å². The fourth-order valence-electron chi connectivity index (χ4n) is 2.33. The van der Waals surface area contributed by atoms with Crippen LogP contribution >= 0.6 is 0 Å². The van der Waals surface area contributed by atoms with Crippen molar-refractivity contribution in [2.45, 2.75) is 33.8 Å². The molecule has 0 aliphatic rings. The number of anilines is 1. The second kappa shape index (κ2) is 7.17. The number of rotatable bonds is 5. The zero-order valence-electron chi connectivity index (χ0n) is 14.3. The van der Waals surface area contributed by atoms with Crippen LogP contribution in [0.4, 0.5) is 5.69 Å². The molecule has 0 unspecified atom stereocenters. The minimum absolute atomic E-state index is 0.264. The summed E-state index contributed by atoms with van der Waals surface area (Å²) in [6, 6.07) is 10.4. The molecule has 3 N–H and O–H groups in total. The van der Waals surface area contributed by atoms with Gasteiger partial charge >= 0.3 is 0 Å². The zero-order valence-corrected chi connectivity index (χ0v) is 14.3. The van der Waals surface area contributed by atoms with Crippen molar-refractivity contribution in [2.24, 2.45) is 5.73 Å². The maximum absolute atomic E-state index is 12.3. The van der Waals surface area contributed by atoms with Gasteiger partial charge in [-0.2, -0.15) is 0 Å². The fraction of sp³-hybridized carbons (Fsp3) is 0.263. The Morgan fingerprint density at radius 2 is 1.71 bits per heavy atom. The molecule has 2 aromatic rings. The van der Waals surface area contributed by atoms with Crippen molar-refractivity contribution in [1.29, 1.82) is 0 Å². The van der Waals surface area contributed by atoms with E-state index in [1.165, 1.54) is 0 Å². The van der Waals surface area contributed by atoms with Crippen LogP contribution in [0, 0.1) is 20.8 Å². The van der Waals surface area contributed by atoms with Gasteiger partial charge in [0.05, 0.1) is 0 Å². The van der Waals surface area contributed by atoms with Gasteiger partial charge in [-0.3, -0.25) is 9.59 Å². The van der Waals surface area contributed by atoms with Gasteiger partial charge in [-0.25, -0.2) is 0 Å². The topological polar surface area (TPSA) is 81.4 Å². The molecule has 0 radical (unpaired) electrons. The lowest BCUT2D eigenvalue weighted by Gasteiger charge is -2.18. The number of nitrogens with one attached hydrogen (secondary N) is 1. The van der Waals surface area contributed by atoms with Crippen LogP contribution in [0.2, 0.25) is 0 Å². The summed E-state index contributed by atoms with van der Waals surface area (Å²) >= 11 is 0. The summed E-state index contributed by atoms with van der Waals surface area (Å²) in [6.07, 6.45) is -0.652. The molecule has 126 valence electrons. The third kappa shape index (κ3) is 4.13. The maximum Gasteiger partial charge on any atom is 0.265 e. The van der Waals surface area contributed by atoms with Crippen molar-refractivity contribution in [3.05, 3.63) is 58.7 Å². The monoisotopic (exact) mass is 326 g/mol. The Hall–Kier alpha value is -2.82. The summed E-state index contributed by atoms with van der Waals surface area (Å²) in [4.78, 5) is 23.3. The van der Waals surface area contributed by atoms with Crippen molar-refractivity contribution in [1.82, 2.24) is 0 Å². The van der Waals surface area contributed by atoms with Crippen LogP contribution in [-0.2, 0) is 4.79 Å². The lowest BCUT2D eigenvalue weighted by molar-refractivity contribution is -0.122. The van der Waals surface area contributed by atoms with Crippen LogP contribution in [0.1, 0.15) is 34.0 Å². The number of primary amides is 1. The molecule has 0 bridgehead atoms. The minimum atomic E-state index is -0.652. The molecule has 0 aliphatic heterocycles. The normalized spacial score (nSPS) is 11.7. The molecule has 2 rings (SSSR count). The second-order valence-corrected chi connectivity index (χ2v) is 5.90. The van der Waals surface area contributed by atoms with Gasteiger partial charge in [-0.1, -0.05) is 6.07 Å². The molecule has 0 aromatic heterocycles. The van der Waals surface area contributed by atoms with Crippen molar-refractivity contribution in [2.75, 3.05) is 5.32 Å². The summed E-state index contributed by atoms with van der Waals surface area (Å²) < 4.78 is 5.82. The number of amides is 2. The van der Waals surface area contributed by atoms with Gasteiger partial charge in [0, 0.05) is 11.3 Å². The summed E-state index contributed by atoms with van der Waals surface area (Å²) in [5, 5.41) is 2.76. The predicted octanol–water partition coefficient (Wildman–Crippen LogP) is 3.12. The summed E-state index contributed by atoms with van der Waals surface area (Å²) in [5.74, 6) is -0.0607. The minimum Gasteiger partial charge on any atom is -0.481 e. The second-order valence-electron chi connectivity index (χ2n) is 5.90. The standard InChI is InChI=1S/C19H22N2O3/c1-11-9-12(2)13(3)17(10-11)24-14(4)19(23)21-16-7-5-15(6-8-16)18(20)22/h5-10,14H,1-4H3,(H2,20,22)(H,21,23)/t14-/m1/s1. The van der Waals surface area contributed by atoms with Crippen molar-refractivity contribution < 1.29 is 14.3 Å². The summed E-state index contributed by atoms with van der Waals surface area (Å²) in [5.41, 5.74) is 9.39. The van der Waals surface area contributed by atoms with Crippen LogP contribution in [-0.4, -0.2) is 17.9 Å². The number of aryl methyl sites for hydroxylation is 2. The summed E-state index contributed by atoms with van der Waals surface area (Å²) in [6.45, 7) is 7.67. The lowest BCUT2D eigenvalue weighted by atomic mass is 10.1. The number of ether oxygens (including phenoxy) is 1. The van der Waals surface area contributed by atoms with Crippen LogP contribution in [0.15, 0.2) is 36.4 Å². The van der Waals surface area contributed by atoms with Gasteiger partial charge in [0.15, 0.2) is 6.10 Å². The van der Waals surface area contributed by atoms with E-state index in [0.717, 1.165) is 16.7 Å². The quantitative estimate of drug-likeness (QED) is 0.886. The molecule has 2 aromatic carbocycles. The van der Waals surface area contributed by atoms with E-state index in [4.69, 9.17) is 10.5 Å². The van der Waals surface area contributed by atoms with Crippen LogP contribution in [0.5, 0.6) is 5.75 Å². The predicted molar refractivity (Wildman–Crippen MR) is 94.3 cm³/mol. The summed E-state index contributed by atoms with van der Waals surface area (Å²) in [7, 11) is 0. The highest BCUT2D eigenvalue weighted by molar-refractivity contribution is 5.96. The third-order valence-electron chi connectivity index (χ3n) is 3.87. The first-order valence-electron chi connectivity index (χ1n) is 7.73. The van der Waals surface area contributed by atoms with Crippen LogP contribution < -0.4 is 15.8 Å². The molecule has 2 amide bonds. The molecule has 0 aliphatic carbocycles. The average Bonchev–Trinajstić information content (AvgIpc) is 2.52. The Morgan fingerprint density at radius 1 is 1.08 bits per heavy atom. The van der Waals surface area contributed by atoms with Crippen molar-refractivity contribution in [3.63, 3.8) is 0 Å². The van der Waals surface area contributed by atoms with E-state index in [1.807, 2.05) is 26.8 Å². The van der Waals surface area contributed by atoms with E-state index < -0.39 is 12.0 Å². The van der Waals surface area contributed by atoms with E-state index in [-0.39, 0.29) is 5.91 Å². The Bertz CT molecular complexity index is 767. The zero-order chi connectivity index (χ0) is 17.9. The molecule has 0 heterocycles. The maximum atomic E-state index is 12.3. The van der Waals surface area contributed by atoms with Gasteiger partial charge in [0.1, 0.15) is 5.75 Å². The highest BCUT2D eigenvalue weighted by Gasteiger charge is 2.17. The largest absolute Gasteiger partial charge is 0.481 e. The van der Waals surface area contributed by atoms with Gasteiger partial charge in [0.25, 0.3) is 5.91 Å². The number of hydrogen-bond acceptors (Lipinski definition) is 3. The van der Waals surface area contributed by atoms with E-state index in [9.17, 15) is 9.59 Å². The molecule has 5 nitrogen and oxygen atoms in total. The Labute approximate surface area is 141 Å². The number of hydrogen-bond donors (Lipinski definition) is 2. The van der Waals surface area contributed by atoms with E-state index in [1.54, 1.807) is 31.2 Å². The SMILES string of the molecule is Cc1cc(C)c(C)c(O[C@H](C)C(=O)Nc2ccc(C(N)=O)cc2)c1. The number of carbonyl (C=O) groups is 2. The van der Waals surface area contributed by atoms with Gasteiger partial charge in [0.2, 0.25) is 5.91 Å². The van der Waals surface area contributed by atoms with E-state index in [0.29, 0.717) is 17.0 Å². The first-order valence-corrected chi connectivity index (χ1v) is 7.73. The fourth-order valence-corrected chi connectivity index (χ4v) is 2.33. The van der Waals surface area contributed by atoms with Gasteiger partial charge in [-0.05, 0) is 74.7 Å². The molecule has 5 heteroatoms. The number of benzene rings is 2.